The summed E-state index contributed by atoms with van der Waals surface area (Å²) < 4.78 is 0. The van der Waals surface area contributed by atoms with E-state index in [1.54, 1.807) is 22.0 Å². The molecule has 0 aliphatic carbocycles. The van der Waals surface area contributed by atoms with E-state index < -0.39 is 0 Å². The molecule has 0 bridgehead atoms. The van der Waals surface area contributed by atoms with Crippen molar-refractivity contribution in [3.8, 4) is 0 Å². The van der Waals surface area contributed by atoms with Crippen LogP contribution in [-0.4, -0.2) is 41.2 Å². The lowest BCUT2D eigenvalue weighted by molar-refractivity contribution is 0.0949. The number of benzene rings is 1. The highest BCUT2D eigenvalue weighted by Crippen LogP contribution is 2.19. The van der Waals surface area contributed by atoms with Crippen LogP contribution in [0.1, 0.15) is 42.2 Å². The zero-order valence-electron chi connectivity index (χ0n) is 15.9. The second kappa shape index (κ2) is 10.9. The molecule has 1 aromatic carbocycles. The molecule has 1 heterocycles. The predicted molar refractivity (Wildman–Crippen MR) is 113 cm³/mol. The van der Waals surface area contributed by atoms with E-state index >= 15 is 0 Å². The fraction of sp³-hybridized carbons (Fsp3) is 0.421. The van der Waals surface area contributed by atoms with Gasteiger partial charge in [-0.1, -0.05) is 13.8 Å². The van der Waals surface area contributed by atoms with Gasteiger partial charge in [-0.05, 0) is 43.4 Å². The molecule has 1 aromatic heterocycles. The lowest BCUT2D eigenvalue weighted by atomic mass is 10.3. The molecule has 0 spiro atoms. The maximum Gasteiger partial charge on any atom is 0.322 e. The van der Waals surface area contributed by atoms with Gasteiger partial charge >= 0.3 is 6.03 Å². The molecule has 2 N–H and O–H groups in total. The van der Waals surface area contributed by atoms with Gasteiger partial charge in [0.05, 0.1) is 6.54 Å². The van der Waals surface area contributed by atoms with Crippen LogP contribution >= 0.6 is 23.1 Å². The summed E-state index contributed by atoms with van der Waals surface area (Å²) in [6.07, 6.45) is 3.74. The Hall–Kier alpha value is -2.06. The van der Waals surface area contributed by atoms with E-state index in [2.05, 4.69) is 15.6 Å². The molecule has 0 saturated heterocycles. The lowest BCUT2D eigenvalue weighted by Gasteiger charge is -2.21. The summed E-state index contributed by atoms with van der Waals surface area (Å²) in [5.74, 6) is -0.167. The molecule has 146 valence electrons. The Morgan fingerprint density at radius 3 is 2.56 bits per heavy atom. The fourth-order valence-corrected chi connectivity index (χ4v) is 3.58. The average Bonchev–Trinajstić information content (AvgIpc) is 3.15. The van der Waals surface area contributed by atoms with Crippen molar-refractivity contribution in [3.63, 3.8) is 0 Å². The molecule has 0 aliphatic heterocycles. The van der Waals surface area contributed by atoms with Crippen LogP contribution in [0.15, 0.2) is 34.5 Å². The number of nitrogens with zero attached hydrogens (tertiary/aromatic N) is 2. The third-order valence-electron chi connectivity index (χ3n) is 3.77. The molecule has 2 aromatic rings. The third-order valence-corrected chi connectivity index (χ3v) is 5.35. The van der Waals surface area contributed by atoms with Gasteiger partial charge in [0.1, 0.15) is 10.7 Å². The van der Waals surface area contributed by atoms with Crippen molar-refractivity contribution in [2.24, 2.45) is 0 Å². The number of anilines is 1. The Morgan fingerprint density at radius 1 is 1.19 bits per heavy atom. The van der Waals surface area contributed by atoms with E-state index in [0.717, 1.165) is 28.4 Å². The van der Waals surface area contributed by atoms with Crippen molar-refractivity contribution in [1.82, 2.24) is 15.2 Å². The molecule has 0 atom stereocenters. The lowest BCUT2D eigenvalue weighted by Crippen LogP contribution is -2.35. The van der Waals surface area contributed by atoms with Crippen LogP contribution in [0, 0.1) is 0 Å². The van der Waals surface area contributed by atoms with Crippen molar-refractivity contribution >= 4 is 40.7 Å². The Morgan fingerprint density at radius 2 is 1.93 bits per heavy atom. The number of aromatic nitrogens is 1. The molecular weight excluding hydrogens is 380 g/mol. The van der Waals surface area contributed by atoms with E-state index in [1.165, 1.54) is 11.3 Å². The van der Waals surface area contributed by atoms with Gasteiger partial charge in [-0.25, -0.2) is 9.78 Å². The maximum absolute atomic E-state index is 12.7. The molecule has 0 radical (unpaired) electrons. The first-order valence-electron chi connectivity index (χ1n) is 9.00. The molecular formula is C19H26N4O2S2. The van der Waals surface area contributed by atoms with Crippen LogP contribution in [0.2, 0.25) is 0 Å². The van der Waals surface area contributed by atoms with Gasteiger partial charge in [0.2, 0.25) is 0 Å². The average molecular weight is 407 g/mol. The molecule has 8 heteroatoms. The van der Waals surface area contributed by atoms with Gasteiger partial charge in [-0.2, -0.15) is 0 Å². The van der Waals surface area contributed by atoms with Crippen LogP contribution in [0.5, 0.6) is 0 Å². The van der Waals surface area contributed by atoms with Gasteiger partial charge in [0.25, 0.3) is 5.91 Å². The van der Waals surface area contributed by atoms with Gasteiger partial charge in [0, 0.05) is 29.1 Å². The molecule has 0 unspecified atom stereocenters. The minimum absolute atomic E-state index is 0.166. The molecule has 27 heavy (non-hydrogen) atoms. The van der Waals surface area contributed by atoms with Gasteiger partial charge in [-0.3, -0.25) is 4.79 Å². The number of urea groups is 1. The van der Waals surface area contributed by atoms with Gasteiger partial charge in [-0.15, -0.1) is 23.1 Å². The van der Waals surface area contributed by atoms with Crippen LogP contribution in [0.4, 0.5) is 10.5 Å². The summed E-state index contributed by atoms with van der Waals surface area (Å²) >= 11 is 3.06. The fourth-order valence-electron chi connectivity index (χ4n) is 2.38. The second-order valence-corrected chi connectivity index (χ2v) is 7.78. The smallest absolute Gasteiger partial charge is 0.322 e. The van der Waals surface area contributed by atoms with Gasteiger partial charge in [0.15, 0.2) is 0 Å². The van der Waals surface area contributed by atoms with Crippen LogP contribution in [0.3, 0.4) is 0 Å². The Bertz CT molecular complexity index is 746. The summed E-state index contributed by atoms with van der Waals surface area (Å²) in [7, 11) is 0. The van der Waals surface area contributed by atoms with Crippen molar-refractivity contribution in [2.45, 2.75) is 38.1 Å². The summed E-state index contributed by atoms with van der Waals surface area (Å²) in [6.45, 7) is 5.66. The van der Waals surface area contributed by atoms with E-state index in [1.807, 2.05) is 44.4 Å². The Kier molecular flexibility index (Phi) is 8.60. The molecule has 3 amide bonds. The normalized spacial score (nSPS) is 10.5. The third kappa shape index (κ3) is 6.55. The largest absolute Gasteiger partial charge is 0.351 e. The number of carbonyl (C=O) groups is 2. The second-order valence-electron chi connectivity index (χ2n) is 5.96. The predicted octanol–water partition coefficient (Wildman–Crippen LogP) is 4.45. The topological polar surface area (TPSA) is 74.3 Å². The number of nitrogens with one attached hydrogen (secondary N) is 2. The summed E-state index contributed by atoms with van der Waals surface area (Å²) in [6, 6.07) is 7.58. The Balaban J connectivity index is 2.00. The first-order valence-corrected chi connectivity index (χ1v) is 11.1. The van der Waals surface area contributed by atoms with Crippen LogP contribution < -0.4 is 10.6 Å². The maximum atomic E-state index is 12.7. The van der Waals surface area contributed by atoms with E-state index in [9.17, 15) is 9.59 Å². The highest BCUT2D eigenvalue weighted by molar-refractivity contribution is 7.98. The highest BCUT2D eigenvalue weighted by Gasteiger charge is 2.17. The monoisotopic (exact) mass is 406 g/mol. The van der Waals surface area contributed by atoms with E-state index in [4.69, 9.17) is 0 Å². The highest BCUT2D eigenvalue weighted by atomic mass is 32.2. The molecule has 0 aliphatic rings. The van der Waals surface area contributed by atoms with Crippen molar-refractivity contribution in [2.75, 3.05) is 24.7 Å². The van der Waals surface area contributed by atoms with Crippen LogP contribution in [0.25, 0.3) is 0 Å². The van der Waals surface area contributed by atoms with Gasteiger partial charge < -0.3 is 15.5 Å². The molecule has 0 fully saturated rings. The van der Waals surface area contributed by atoms with E-state index in [-0.39, 0.29) is 11.9 Å². The number of rotatable bonds is 9. The van der Waals surface area contributed by atoms with Crippen LogP contribution in [-0.2, 0) is 6.54 Å². The molecule has 2 rings (SSSR count). The van der Waals surface area contributed by atoms with Crippen molar-refractivity contribution < 1.29 is 9.59 Å². The summed E-state index contributed by atoms with van der Waals surface area (Å²) in [5.41, 5.74) is 1.17. The van der Waals surface area contributed by atoms with Crippen molar-refractivity contribution in [3.05, 3.63) is 40.3 Å². The SMILES string of the molecule is CCCNC(=O)c1csc(CN(CCC)C(=O)Nc2ccc(SC)cc2)n1. The number of hydrogen-bond donors (Lipinski definition) is 2. The zero-order valence-corrected chi connectivity index (χ0v) is 17.6. The van der Waals surface area contributed by atoms with E-state index in [0.29, 0.717) is 25.3 Å². The van der Waals surface area contributed by atoms with Crippen molar-refractivity contribution in [1.29, 1.82) is 0 Å². The molecule has 6 nitrogen and oxygen atoms in total. The number of carbonyl (C=O) groups excluding carboxylic acids is 2. The first kappa shape index (κ1) is 21.2. The zero-order chi connectivity index (χ0) is 19.6. The first-order chi connectivity index (χ1) is 13.1. The Labute approximate surface area is 168 Å². The number of thiazole rings is 1. The number of hydrogen-bond acceptors (Lipinski definition) is 5. The molecule has 0 saturated carbocycles. The minimum atomic E-state index is -0.167. The number of thioether (sulfide) groups is 1. The summed E-state index contributed by atoms with van der Waals surface area (Å²) in [5, 5.41) is 8.23. The quantitative estimate of drug-likeness (QED) is 0.604. The minimum Gasteiger partial charge on any atom is -0.351 e. The number of amides is 3. The summed E-state index contributed by atoms with van der Waals surface area (Å²) in [4.78, 5) is 31.9. The standard InChI is InChI=1S/C19H26N4O2S2/c1-4-10-20-18(24)16-13-27-17(22-16)12-23(11-5-2)19(25)21-14-6-8-15(26-3)9-7-14/h6-9,13H,4-5,10-12H2,1-3H3,(H,20,24)(H,21,25).